The summed E-state index contributed by atoms with van der Waals surface area (Å²) in [4.78, 5) is 2.96. The van der Waals surface area contributed by atoms with E-state index in [4.69, 9.17) is 4.74 Å². The molecule has 0 bridgehead atoms. The predicted octanol–water partition coefficient (Wildman–Crippen LogP) is 3.10. The molecule has 176 valence electrons. The molecule has 1 aromatic carbocycles. The first-order valence-electron chi connectivity index (χ1n) is 11.8. The van der Waals surface area contributed by atoms with Gasteiger partial charge in [0.1, 0.15) is 10.6 Å². The summed E-state index contributed by atoms with van der Waals surface area (Å²) in [5.74, 6) is 1.55. The number of rotatable bonds is 8. The number of piperidine rings is 1. The molecule has 7 nitrogen and oxygen atoms in total. The molecule has 1 unspecified atom stereocenters. The Balaban J connectivity index is 1.37. The molecule has 0 radical (unpaired) electrons. The summed E-state index contributed by atoms with van der Waals surface area (Å²) in [6.07, 6.45) is 9.28. The number of fused-ring (bicyclic) bond motifs is 1. The van der Waals surface area contributed by atoms with Gasteiger partial charge in [-0.15, -0.1) is 0 Å². The van der Waals surface area contributed by atoms with E-state index in [2.05, 4.69) is 35.1 Å². The van der Waals surface area contributed by atoms with Gasteiger partial charge in [0, 0.05) is 38.9 Å². The number of aromatic nitrogens is 2. The average Bonchev–Trinajstić information content (AvgIpc) is 3.25. The fourth-order valence-electron chi connectivity index (χ4n) is 5.31. The SMILES string of the molecule is CCCN(CC1CCN(S(=O)(=O)c2cnn(C)c2)CC1)C1CCc2c(cccc2OC)C1. The number of aryl methyl sites for hydroxylation is 1. The minimum absolute atomic E-state index is 0.294. The van der Waals surface area contributed by atoms with Crippen LogP contribution in [0.25, 0.3) is 0 Å². The van der Waals surface area contributed by atoms with E-state index in [0.29, 0.717) is 29.9 Å². The van der Waals surface area contributed by atoms with E-state index < -0.39 is 10.0 Å². The Kier molecular flexibility index (Phi) is 7.22. The summed E-state index contributed by atoms with van der Waals surface area (Å²) in [5.41, 5.74) is 2.79. The van der Waals surface area contributed by atoms with Crippen molar-refractivity contribution in [1.29, 1.82) is 0 Å². The molecule has 8 heteroatoms. The van der Waals surface area contributed by atoms with E-state index in [9.17, 15) is 8.42 Å². The first-order valence-corrected chi connectivity index (χ1v) is 13.2. The monoisotopic (exact) mass is 460 g/mol. The van der Waals surface area contributed by atoms with Crippen molar-refractivity contribution < 1.29 is 13.2 Å². The molecule has 1 atom stereocenters. The molecule has 1 fully saturated rings. The molecule has 4 rings (SSSR count). The van der Waals surface area contributed by atoms with Crippen molar-refractivity contribution in [3.8, 4) is 5.75 Å². The smallest absolute Gasteiger partial charge is 0.246 e. The van der Waals surface area contributed by atoms with Crippen LogP contribution in [-0.2, 0) is 29.9 Å². The van der Waals surface area contributed by atoms with Crippen LogP contribution in [0, 0.1) is 5.92 Å². The molecular formula is C24H36N4O3S. The van der Waals surface area contributed by atoms with Crippen LogP contribution in [0.15, 0.2) is 35.5 Å². The zero-order valence-electron chi connectivity index (χ0n) is 19.5. The predicted molar refractivity (Wildman–Crippen MR) is 125 cm³/mol. The van der Waals surface area contributed by atoms with Crippen molar-refractivity contribution in [2.75, 3.05) is 33.3 Å². The first-order chi connectivity index (χ1) is 15.4. The Morgan fingerprint density at radius 3 is 2.66 bits per heavy atom. The lowest BCUT2D eigenvalue weighted by molar-refractivity contribution is 0.129. The topological polar surface area (TPSA) is 67.7 Å². The minimum Gasteiger partial charge on any atom is -0.496 e. The van der Waals surface area contributed by atoms with Gasteiger partial charge in [0.2, 0.25) is 10.0 Å². The van der Waals surface area contributed by atoms with Crippen LogP contribution >= 0.6 is 0 Å². The lowest BCUT2D eigenvalue weighted by Gasteiger charge is -2.39. The quantitative estimate of drug-likeness (QED) is 0.606. The van der Waals surface area contributed by atoms with Gasteiger partial charge >= 0.3 is 0 Å². The molecule has 0 spiro atoms. The van der Waals surface area contributed by atoms with E-state index in [-0.39, 0.29) is 0 Å². The fraction of sp³-hybridized carbons (Fsp3) is 0.625. The van der Waals surface area contributed by atoms with Crippen molar-refractivity contribution in [2.45, 2.75) is 56.4 Å². The molecule has 1 aromatic heterocycles. The number of benzene rings is 1. The van der Waals surface area contributed by atoms with Gasteiger partial charge in [0.15, 0.2) is 0 Å². The lowest BCUT2D eigenvalue weighted by Crippen LogP contribution is -2.46. The van der Waals surface area contributed by atoms with Crippen LogP contribution < -0.4 is 4.74 Å². The van der Waals surface area contributed by atoms with E-state index in [1.54, 1.807) is 29.3 Å². The van der Waals surface area contributed by atoms with Crippen LogP contribution in [0.4, 0.5) is 0 Å². The highest BCUT2D eigenvalue weighted by Gasteiger charge is 2.32. The summed E-state index contributed by atoms with van der Waals surface area (Å²) in [7, 11) is 0.0599. The van der Waals surface area contributed by atoms with Gasteiger partial charge in [-0.2, -0.15) is 9.40 Å². The van der Waals surface area contributed by atoms with Gasteiger partial charge in [-0.25, -0.2) is 8.42 Å². The van der Waals surface area contributed by atoms with Crippen LogP contribution in [-0.4, -0.2) is 66.7 Å². The molecule has 2 heterocycles. The van der Waals surface area contributed by atoms with Gasteiger partial charge in [-0.1, -0.05) is 19.1 Å². The largest absolute Gasteiger partial charge is 0.496 e. The van der Waals surface area contributed by atoms with Crippen molar-refractivity contribution in [3.63, 3.8) is 0 Å². The van der Waals surface area contributed by atoms with E-state index >= 15 is 0 Å². The molecule has 32 heavy (non-hydrogen) atoms. The van der Waals surface area contributed by atoms with E-state index in [1.165, 1.54) is 17.3 Å². The average molecular weight is 461 g/mol. The third-order valence-electron chi connectivity index (χ3n) is 7.05. The second-order valence-electron chi connectivity index (χ2n) is 9.19. The number of hydrogen-bond donors (Lipinski definition) is 0. The number of ether oxygens (including phenoxy) is 1. The summed E-state index contributed by atoms with van der Waals surface area (Å²) >= 11 is 0. The molecule has 1 saturated heterocycles. The Morgan fingerprint density at radius 1 is 1.22 bits per heavy atom. The summed E-state index contributed by atoms with van der Waals surface area (Å²) < 4.78 is 34.6. The molecule has 1 aliphatic carbocycles. The number of hydrogen-bond acceptors (Lipinski definition) is 5. The Bertz CT molecular complexity index is 1010. The zero-order chi connectivity index (χ0) is 22.7. The maximum absolute atomic E-state index is 12.9. The molecule has 1 aliphatic heterocycles. The third-order valence-corrected chi connectivity index (χ3v) is 8.90. The maximum Gasteiger partial charge on any atom is 0.246 e. The molecule has 0 saturated carbocycles. The first kappa shape index (κ1) is 23.3. The van der Waals surface area contributed by atoms with E-state index in [0.717, 1.165) is 57.4 Å². The highest BCUT2D eigenvalue weighted by molar-refractivity contribution is 7.89. The van der Waals surface area contributed by atoms with Crippen LogP contribution in [0.5, 0.6) is 5.75 Å². The molecule has 2 aliphatic rings. The van der Waals surface area contributed by atoms with Gasteiger partial charge in [-0.3, -0.25) is 9.58 Å². The number of methoxy groups -OCH3 is 1. The molecule has 2 aromatic rings. The summed E-state index contributed by atoms with van der Waals surface area (Å²) in [5, 5.41) is 4.03. The highest BCUT2D eigenvalue weighted by atomic mass is 32.2. The van der Waals surface area contributed by atoms with Crippen molar-refractivity contribution in [3.05, 3.63) is 41.7 Å². The highest BCUT2D eigenvalue weighted by Crippen LogP contribution is 2.32. The van der Waals surface area contributed by atoms with Crippen molar-refractivity contribution >= 4 is 10.0 Å². The van der Waals surface area contributed by atoms with Gasteiger partial charge < -0.3 is 4.74 Å². The van der Waals surface area contributed by atoms with E-state index in [1.807, 2.05) is 0 Å². The lowest BCUT2D eigenvalue weighted by atomic mass is 9.86. The van der Waals surface area contributed by atoms with Gasteiger partial charge in [-0.05, 0) is 68.2 Å². The standard InChI is InChI=1S/C24H36N4O3S/c1-4-12-27(21-8-9-23-20(15-21)6-5-7-24(23)31-3)17-19-10-13-28(14-11-19)32(29,30)22-16-25-26(2)18-22/h5-7,16,18-19,21H,4,8-15,17H2,1-3H3. The number of nitrogens with zero attached hydrogens (tertiary/aromatic N) is 4. The maximum atomic E-state index is 12.9. The minimum atomic E-state index is -3.44. The van der Waals surface area contributed by atoms with Crippen molar-refractivity contribution in [2.24, 2.45) is 13.0 Å². The Labute approximate surface area is 192 Å². The van der Waals surface area contributed by atoms with Gasteiger partial charge in [0.25, 0.3) is 0 Å². The molecule has 0 N–H and O–H groups in total. The zero-order valence-corrected chi connectivity index (χ0v) is 20.4. The molecular weight excluding hydrogens is 424 g/mol. The summed E-state index contributed by atoms with van der Waals surface area (Å²) in [6.45, 7) is 5.58. The number of sulfonamides is 1. The van der Waals surface area contributed by atoms with Crippen LogP contribution in [0.2, 0.25) is 0 Å². The second kappa shape index (κ2) is 9.93. The molecule has 0 amide bonds. The van der Waals surface area contributed by atoms with Crippen LogP contribution in [0.3, 0.4) is 0 Å². The fourth-order valence-corrected chi connectivity index (χ4v) is 6.77. The normalized spacial score (nSPS) is 20.4. The van der Waals surface area contributed by atoms with Crippen molar-refractivity contribution in [1.82, 2.24) is 19.0 Å². The Hall–Kier alpha value is -1.90. The third kappa shape index (κ3) is 4.87. The Morgan fingerprint density at radius 2 is 2.00 bits per heavy atom. The van der Waals surface area contributed by atoms with Crippen LogP contribution in [0.1, 0.15) is 43.7 Å². The summed E-state index contributed by atoms with van der Waals surface area (Å²) in [6, 6.07) is 6.96. The second-order valence-corrected chi connectivity index (χ2v) is 11.1. The van der Waals surface area contributed by atoms with Gasteiger partial charge in [0.05, 0.1) is 13.3 Å².